The highest BCUT2D eigenvalue weighted by molar-refractivity contribution is 5.96. The molecule has 0 bridgehead atoms. The number of hydrogen-bond donors (Lipinski definition) is 1. The Labute approximate surface area is 165 Å². The van der Waals surface area contributed by atoms with E-state index >= 15 is 0 Å². The van der Waals surface area contributed by atoms with E-state index in [0.29, 0.717) is 0 Å². The first kappa shape index (κ1) is 21.6. The molecule has 2 aromatic rings. The molecule has 2 aromatic carbocycles. The number of esters is 1. The second-order valence-corrected chi connectivity index (χ2v) is 5.92. The maximum Gasteiger partial charge on any atom is 0.347 e. The summed E-state index contributed by atoms with van der Waals surface area (Å²) in [7, 11) is 1.34. The fourth-order valence-electron chi connectivity index (χ4n) is 2.23. The van der Waals surface area contributed by atoms with Gasteiger partial charge in [-0.2, -0.15) is 0 Å². The number of anilines is 1. The van der Waals surface area contributed by atoms with Gasteiger partial charge in [0.1, 0.15) is 17.3 Å². The maximum absolute atomic E-state index is 12.9. The van der Waals surface area contributed by atoms with E-state index in [1.165, 1.54) is 57.4 Å². The number of methoxy groups -OCH3 is 1. The molecule has 0 fully saturated rings. The van der Waals surface area contributed by atoms with Gasteiger partial charge in [0.25, 0.3) is 11.6 Å². The first-order valence-corrected chi connectivity index (χ1v) is 8.47. The van der Waals surface area contributed by atoms with Crippen molar-refractivity contribution in [3.8, 4) is 11.5 Å². The molecule has 2 atom stereocenters. The SMILES string of the molecule is COc1ccc([N+](=O)[O-])cc1NC(=O)[C@H](C)OC(=O)[C@@H](C)Oc1ccc(F)cc1. The monoisotopic (exact) mass is 406 g/mol. The minimum atomic E-state index is -1.22. The summed E-state index contributed by atoms with van der Waals surface area (Å²) in [5.74, 6) is -1.52. The maximum atomic E-state index is 12.9. The van der Waals surface area contributed by atoms with E-state index in [1.807, 2.05) is 0 Å². The minimum Gasteiger partial charge on any atom is -0.495 e. The summed E-state index contributed by atoms with van der Waals surface area (Å²) in [6.45, 7) is 2.75. The second-order valence-electron chi connectivity index (χ2n) is 5.92. The van der Waals surface area contributed by atoms with Crippen LogP contribution >= 0.6 is 0 Å². The highest BCUT2D eigenvalue weighted by Gasteiger charge is 2.24. The van der Waals surface area contributed by atoms with E-state index in [0.717, 1.165) is 6.07 Å². The largest absolute Gasteiger partial charge is 0.495 e. The molecule has 0 unspecified atom stereocenters. The number of hydrogen-bond acceptors (Lipinski definition) is 7. The van der Waals surface area contributed by atoms with Gasteiger partial charge in [-0.3, -0.25) is 14.9 Å². The van der Waals surface area contributed by atoms with E-state index in [1.54, 1.807) is 0 Å². The number of rotatable bonds is 8. The highest BCUT2D eigenvalue weighted by Crippen LogP contribution is 2.29. The summed E-state index contributed by atoms with van der Waals surface area (Å²) in [6, 6.07) is 8.75. The van der Waals surface area contributed by atoms with Crippen molar-refractivity contribution in [3.05, 3.63) is 58.4 Å². The lowest BCUT2D eigenvalue weighted by Gasteiger charge is -2.18. The molecule has 0 aliphatic carbocycles. The molecule has 10 heteroatoms. The molecule has 154 valence electrons. The number of nitro benzene ring substituents is 1. The molecule has 0 heterocycles. The van der Waals surface area contributed by atoms with Gasteiger partial charge in [0.15, 0.2) is 12.2 Å². The van der Waals surface area contributed by atoms with Gasteiger partial charge < -0.3 is 19.5 Å². The molecule has 0 radical (unpaired) electrons. The Morgan fingerprint density at radius 3 is 2.34 bits per heavy atom. The van der Waals surface area contributed by atoms with Crippen LogP contribution in [0.2, 0.25) is 0 Å². The first-order chi connectivity index (χ1) is 13.7. The number of carbonyl (C=O) groups excluding carboxylic acids is 2. The summed E-state index contributed by atoms with van der Waals surface area (Å²) in [5, 5.41) is 13.3. The summed E-state index contributed by atoms with van der Waals surface area (Å²) >= 11 is 0. The van der Waals surface area contributed by atoms with E-state index in [2.05, 4.69) is 5.32 Å². The van der Waals surface area contributed by atoms with Crippen LogP contribution in [-0.4, -0.2) is 36.1 Å². The van der Waals surface area contributed by atoms with Gasteiger partial charge in [-0.15, -0.1) is 0 Å². The minimum absolute atomic E-state index is 0.0604. The number of carbonyl (C=O) groups is 2. The van der Waals surface area contributed by atoms with Crippen molar-refractivity contribution >= 4 is 23.3 Å². The van der Waals surface area contributed by atoms with Crippen molar-refractivity contribution < 1.29 is 33.1 Å². The highest BCUT2D eigenvalue weighted by atomic mass is 19.1. The Morgan fingerprint density at radius 2 is 1.76 bits per heavy atom. The number of ether oxygens (including phenoxy) is 3. The molecule has 0 aliphatic rings. The molecule has 0 saturated heterocycles. The van der Waals surface area contributed by atoms with Crippen LogP contribution in [0.15, 0.2) is 42.5 Å². The average Bonchev–Trinajstić information content (AvgIpc) is 2.69. The van der Waals surface area contributed by atoms with Crippen molar-refractivity contribution in [2.45, 2.75) is 26.1 Å². The van der Waals surface area contributed by atoms with Gasteiger partial charge in [0.2, 0.25) is 0 Å². The second kappa shape index (κ2) is 9.49. The fourth-order valence-corrected chi connectivity index (χ4v) is 2.23. The van der Waals surface area contributed by atoms with Crippen molar-refractivity contribution in [3.63, 3.8) is 0 Å². The predicted octanol–water partition coefficient (Wildman–Crippen LogP) is 3.08. The lowest BCUT2D eigenvalue weighted by molar-refractivity contribution is -0.384. The third kappa shape index (κ3) is 5.89. The number of benzene rings is 2. The Balaban J connectivity index is 1.99. The Hall–Kier alpha value is -3.69. The molecule has 0 aliphatic heterocycles. The summed E-state index contributed by atoms with van der Waals surface area (Å²) < 4.78 is 28.4. The Bertz CT molecular complexity index is 902. The Kier molecular flexibility index (Phi) is 7.07. The van der Waals surface area contributed by atoms with Crippen LogP contribution in [-0.2, 0) is 14.3 Å². The third-order valence-corrected chi connectivity index (χ3v) is 3.77. The van der Waals surface area contributed by atoms with Gasteiger partial charge in [0.05, 0.1) is 17.7 Å². The van der Waals surface area contributed by atoms with Gasteiger partial charge in [-0.1, -0.05) is 0 Å². The van der Waals surface area contributed by atoms with Crippen molar-refractivity contribution in [1.29, 1.82) is 0 Å². The quantitative estimate of drug-likeness (QED) is 0.407. The molecule has 0 saturated carbocycles. The molecular weight excluding hydrogens is 387 g/mol. The number of nitrogens with zero attached hydrogens (tertiary/aromatic N) is 1. The predicted molar refractivity (Wildman–Crippen MR) is 100 cm³/mol. The number of nitrogens with one attached hydrogen (secondary N) is 1. The molecule has 29 heavy (non-hydrogen) atoms. The summed E-state index contributed by atoms with van der Waals surface area (Å²) in [5.41, 5.74) is -0.183. The molecule has 1 N–H and O–H groups in total. The average molecular weight is 406 g/mol. The van der Waals surface area contributed by atoms with Crippen LogP contribution < -0.4 is 14.8 Å². The van der Waals surface area contributed by atoms with Gasteiger partial charge in [-0.05, 0) is 44.2 Å². The zero-order valence-corrected chi connectivity index (χ0v) is 15.9. The lowest BCUT2D eigenvalue weighted by Crippen LogP contribution is -2.35. The Morgan fingerprint density at radius 1 is 1.10 bits per heavy atom. The number of nitro groups is 1. The molecule has 0 aromatic heterocycles. The smallest absolute Gasteiger partial charge is 0.347 e. The topological polar surface area (TPSA) is 117 Å². The summed E-state index contributed by atoms with van der Waals surface area (Å²) in [6.07, 6.45) is -2.27. The zero-order valence-electron chi connectivity index (χ0n) is 15.9. The van der Waals surface area contributed by atoms with Crippen LogP contribution in [0.5, 0.6) is 11.5 Å². The van der Waals surface area contributed by atoms with E-state index < -0.39 is 34.8 Å². The molecule has 2 rings (SSSR count). The first-order valence-electron chi connectivity index (χ1n) is 8.47. The lowest BCUT2D eigenvalue weighted by atomic mass is 10.2. The zero-order chi connectivity index (χ0) is 21.6. The van der Waals surface area contributed by atoms with Gasteiger partial charge in [0, 0.05) is 12.1 Å². The molecular formula is C19H19FN2O7. The van der Waals surface area contributed by atoms with Crippen molar-refractivity contribution in [2.75, 3.05) is 12.4 Å². The van der Waals surface area contributed by atoms with Crippen molar-refractivity contribution in [1.82, 2.24) is 0 Å². The third-order valence-electron chi connectivity index (χ3n) is 3.77. The molecule has 9 nitrogen and oxygen atoms in total. The molecule has 0 spiro atoms. The van der Waals surface area contributed by atoms with E-state index in [-0.39, 0.29) is 22.9 Å². The van der Waals surface area contributed by atoms with Crippen LogP contribution in [0.25, 0.3) is 0 Å². The number of non-ortho nitro benzene ring substituents is 1. The van der Waals surface area contributed by atoms with Gasteiger partial charge >= 0.3 is 5.97 Å². The van der Waals surface area contributed by atoms with Crippen LogP contribution in [0.3, 0.4) is 0 Å². The van der Waals surface area contributed by atoms with E-state index in [9.17, 15) is 24.1 Å². The molecule has 1 amide bonds. The van der Waals surface area contributed by atoms with Crippen LogP contribution in [0.4, 0.5) is 15.8 Å². The van der Waals surface area contributed by atoms with Crippen LogP contribution in [0, 0.1) is 15.9 Å². The number of amides is 1. The van der Waals surface area contributed by atoms with E-state index in [4.69, 9.17) is 14.2 Å². The normalized spacial score (nSPS) is 12.4. The standard InChI is InChI=1S/C19H19FN2O7/c1-11(29-19(24)12(2)28-15-7-4-13(20)5-8-15)18(23)21-16-10-14(22(25)26)6-9-17(16)27-3/h4-12H,1-3H3,(H,21,23)/t11-,12+/m0/s1. The van der Waals surface area contributed by atoms with Gasteiger partial charge in [-0.25, -0.2) is 9.18 Å². The van der Waals surface area contributed by atoms with Crippen molar-refractivity contribution in [2.24, 2.45) is 0 Å². The van der Waals surface area contributed by atoms with Crippen LogP contribution in [0.1, 0.15) is 13.8 Å². The fraction of sp³-hybridized carbons (Fsp3) is 0.263. The number of halogens is 1. The summed E-state index contributed by atoms with van der Waals surface area (Å²) in [4.78, 5) is 34.7.